The third-order valence-corrected chi connectivity index (χ3v) is 5.84. The Balaban J connectivity index is 1.34. The molecule has 32 heavy (non-hydrogen) atoms. The predicted octanol–water partition coefficient (Wildman–Crippen LogP) is 1.38. The van der Waals surface area contributed by atoms with Crippen LogP contribution in [-0.2, 0) is 25.5 Å². The van der Waals surface area contributed by atoms with Gasteiger partial charge < -0.3 is 9.64 Å². The van der Waals surface area contributed by atoms with E-state index in [9.17, 15) is 23.6 Å². The molecule has 1 aromatic heterocycles. The molecular formula is C21H23FN4O5S. The fraction of sp³-hybridized carbons (Fsp3) is 0.381. The van der Waals surface area contributed by atoms with Gasteiger partial charge in [0.05, 0.1) is 12.3 Å². The first-order valence-electron chi connectivity index (χ1n) is 10.0. The SMILES string of the molecule is Cc1csc(CC(=O)NNC(=O)COC(=O)C2CCN(C(=O)c3ccc(F)cc3)CC2)n1. The Morgan fingerprint density at radius 1 is 1.12 bits per heavy atom. The summed E-state index contributed by atoms with van der Waals surface area (Å²) in [5.41, 5.74) is 5.65. The summed E-state index contributed by atoms with van der Waals surface area (Å²) in [4.78, 5) is 54.0. The fourth-order valence-corrected chi connectivity index (χ4v) is 3.96. The van der Waals surface area contributed by atoms with Crippen molar-refractivity contribution in [1.82, 2.24) is 20.7 Å². The minimum Gasteiger partial charge on any atom is -0.455 e. The van der Waals surface area contributed by atoms with Crippen LogP contribution in [0.1, 0.15) is 33.9 Å². The Labute approximate surface area is 187 Å². The summed E-state index contributed by atoms with van der Waals surface area (Å²) in [5, 5.41) is 2.45. The van der Waals surface area contributed by atoms with Crippen LogP contribution in [0.25, 0.3) is 0 Å². The summed E-state index contributed by atoms with van der Waals surface area (Å²) in [7, 11) is 0. The molecule has 2 heterocycles. The van der Waals surface area contributed by atoms with Crippen LogP contribution in [0, 0.1) is 18.7 Å². The maximum atomic E-state index is 13.0. The lowest BCUT2D eigenvalue weighted by Crippen LogP contribution is -2.45. The number of thiazole rings is 1. The van der Waals surface area contributed by atoms with E-state index in [2.05, 4.69) is 15.8 Å². The van der Waals surface area contributed by atoms with Gasteiger partial charge in [0.25, 0.3) is 11.8 Å². The van der Waals surface area contributed by atoms with E-state index in [1.807, 2.05) is 12.3 Å². The summed E-state index contributed by atoms with van der Waals surface area (Å²) in [6.45, 7) is 2.01. The lowest BCUT2D eigenvalue weighted by molar-refractivity contribution is -0.154. The van der Waals surface area contributed by atoms with Crippen LogP contribution in [0.5, 0.6) is 0 Å². The monoisotopic (exact) mass is 462 g/mol. The van der Waals surface area contributed by atoms with Crippen LogP contribution in [0.15, 0.2) is 29.6 Å². The standard InChI is InChI=1S/C21H23FN4O5S/c1-13-12-32-19(23-13)10-17(27)24-25-18(28)11-31-21(30)15-6-8-26(9-7-15)20(29)14-2-4-16(22)5-3-14/h2-5,12,15H,6-11H2,1H3,(H,24,27)(H,25,28). The number of aromatic nitrogens is 1. The van der Waals surface area contributed by atoms with E-state index in [1.165, 1.54) is 35.6 Å². The summed E-state index contributed by atoms with van der Waals surface area (Å²) < 4.78 is 18.0. The van der Waals surface area contributed by atoms with E-state index in [-0.39, 0.29) is 12.3 Å². The number of hydrogen-bond acceptors (Lipinski definition) is 7. The van der Waals surface area contributed by atoms with Gasteiger partial charge in [0.2, 0.25) is 5.91 Å². The van der Waals surface area contributed by atoms with Crippen LogP contribution >= 0.6 is 11.3 Å². The van der Waals surface area contributed by atoms with Gasteiger partial charge in [-0.3, -0.25) is 30.0 Å². The van der Waals surface area contributed by atoms with Crippen LogP contribution < -0.4 is 10.9 Å². The second-order valence-corrected chi connectivity index (χ2v) is 8.28. The number of carbonyl (C=O) groups excluding carboxylic acids is 4. The fourth-order valence-electron chi connectivity index (χ4n) is 3.19. The van der Waals surface area contributed by atoms with E-state index in [4.69, 9.17) is 4.74 Å². The summed E-state index contributed by atoms with van der Waals surface area (Å²) in [6, 6.07) is 5.30. The van der Waals surface area contributed by atoms with Gasteiger partial charge in [-0.1, -0.05) is 0 Å². The topological polar surface area (TPSA) is 118 Å². The third kappa shape index (κ3) is 6.58. The van der Waals surface area contributed by atoms with Gasteiger partial charge in [0.15, 0.2) is 6.61 Å². The van der Waals surface area contributed by atoms with Gasteiger partial charge in [-0.15, -0.1) is 11.3 Å². The maximum absolute atomic E-state index is 13.0. The number of hydrazine groups is 1. The van der Waals surface area contributed by atoms with Crippen molar-refractivity contribution in [3.63, 3.8) is 0 Å². The van der Waals surface area contributed by atoms with Crippen molar-refractivity contribution in [2.24, 2.45) is 5.92 Å². The second-order valence-electron chi connectivity index (χ2n) is 7.34. The normalized spacial score (nSPS) is 14.0. The van der Waals surface area contributed by atoms with Gasteiger partial charge in [0, 0.05) is 29.7 Å². The molecule has 11 heteroatoms. The molecule has 0 saturated carbocycles. The molecule has 0 spiro atoms. The number of rotatable bonds is 6. The molecule has 1 fully saturated rings. The van der Waals surface area contributed by atoms with Crippen LogP contribution in [0.3, 0.4) is 0 Å². The molecule has 0 unspecified atom stereocenters. The van der Waals surface area contributed by atoms with Crippen molar-refractivity contribution >= 4 is 35.0 Å². The molecule has 0 aliphatic carbocycles. The number of esters is 1. The Hall–Kier alpha value is -3.34. The largest absolute Gasteiger partial charge is 0.455 e. The van der Waals surface area contributed by atoms with Crippen LogP contribution in [0.2, 0.25) is 0 Å². The molecule has 1 aliphatic heterocycles. The van der Waals surface area contributed by atoms with Gasteiger partial charge in [-0.25, -0.2) is 9.37 Å². The molecule has 1 aromatic carbocycles. The molecule has 170 valence electrons. The summed E-state index contributed by atoms with van der Waals surface area (Å²) >= 11 is 1.35. The number of ether oxygens (including phenoxy) is 1. The van der Waals surface area contributed by atoms with Crippen molar-refractivity contribution in [2.75, 3.05) is 19.7 Å². The Kier molecular flexibility index (Phi) is 7.87. The first kappa shape index (κ1) is 23.3. The number of amides is 3. The number of benzene rings is 1. The first-order chi connectivity index (χ1) is 15.3. The second kappa shape index (κ2) is 10.8. The molecule has 3 amide bonds. The van der Waals surface area contributed by atoms with Crippen molar-refractivity contribution in [3.8, 4) is 0 Å². The highest BCUT2D eigenvalue weighted by Crippen LogP contribution is 2.20. The van der Waals surface area contributed by atoms with Crippen molar-refractivity contribution < 1.29 is 28.3 Å². The first-order valence-corrected chi connectivity index (χ1v) is 10.9. The van der Waals surface area contributed by atoms with Crippen molar-refractivity contribution in [2.45, 2.75) is 26.2 Å². The lowest BCUT2D eigenvalue weighted by atomic mass is 9.96. The van der Waals surface area contributed by atoms with E-state index in [0.29, 0.717) is 36.5 Å². The highest BCUT2D eigenvalue weighted by molar-refractivity contribution is 7.09. The Morgan fingerprint density at radius 2 is 1.78 bits per heavy atom. The number of carbonyl (C=O) groups is 4. The number of halogens is 1. The zero-order valence-electron chi connectivity index (χ0n) is 17.4. The number of piperidine rings is 1. The van der Waals surface area contributed by atoms with Crippen LogP contribution in [0.4, 0.5) is 4.39 Å². The van der Waals surface area contributed by atoms with Gasteiger partial charge in [0.1, 0.15) is 10.8 Å². The predicted molar refractivity (Wildman–Crippen MR) is 113 cm³/mol. The zero-order chi connectivity index (χ0) is 23.1. The number of nitrogens with zero attached hydrogens (tertiary/aromatic N) is 2. The molecular weight excluding hydrogens is 439 g/mol. The number of nitrogens with one attached hydrogen (secondary N) is 2. The van der Waals surface area contributed by atoms with Gasteiger partial charge in [-0.2, -0.15) is 0 Å². The van der Waals surface area contributed by atoms with E-state index < -0.39 is 36.1 Å². The molecule has 9 nitrogen and oxygen atoms in total. The number of aryl methyl sites for hydroxylation is 1. The Morgan fingerprint density at radius 3 is 2.41 bits per heavy atom. The average Bonchev–Trinajstić information content (AvgIpc) is 3.20. The Bertz CT molecular complexity index is 986. The van der Waals surface area contributed by atoms with E-state index in [0.717, 1.165) is 5.69 Å². The lowest BCUT2D eigenvalue weighted by Gasteiger charge is -2.31. The van der Waals surface area contributed by atoms with Crippen LogP contribution in [-0.4, -0.2) is 53.3 Å². The minimum atomic E-state index is -0.661. The number of hydrogen-bond donors (Lipinski definition) is 2. The highest BCUT2D eigenvalue weighted by atomic mass is 32.1. The van der Waals surface area contributed by atoms with E-state index >= 15 is 0 Å². The maximum Gasteiger partial charge on any atom is 0.309 e. The molecule has 0 atom stereocenters. The molecule has 0 radical (unpaired) electrons. The molecule has 3 rings (SSSR count). The van der Waals surface area contributed by atoms with E-state index in [1.54, 1.807) is 4.90 Å². The molecule has 2 N–H and O–H groups in total. The van der Waals surface area contributed by atoms with Gasteiger partial charge >= 0.3 is 5.97 Å². The quantitative estimate of drug-likeness (QED) is 0.495. The smallest absolute Gasteiger partial charge is 0.309 e. The highest BCUT2D eigenvalue weighted by Gasteiger charge is 2.29. The summed E-state index contributed by atoms with van der Waals surface area (Å²) in [5.74, 6) is -2.69. The van der Waals surface area contributed by atoms with Crippen molar-refractivity contribution in [3.05, 3.63) is 51.7 Å². The summed E-state index contributed by atoms with van der Waals surface area (Å²) in [6.07, 6.45) is 0.836. The average molecular weight is 463 g/mol. The van der Waals surface area contributed by atoms with Gasteiger partial charge in [-0.05, 0) is 44.0 Å². The molecule has 1 aliphatic rings. The molecule has 2 aromatic rings. The third-order valence-electron chi connectivity index (χ3n) is 4.87. The molecule has 1 saturated heterocycles. The number of likely N-dealkylation sites (tertiary alicyclic amines) is 1. The minimum absolute atomic E-state index is 0.0355. The van der Waals surface area contributed by atoms with Crippen molar-refractivity contribution in [1.29, 1.82) is 0 Å². The molecule has 0 bridgehead atoms. The zero-order valence-corrected chi connectivity index (χ0v) is 18.2.